The molecule has 1 heterocycles. The van der Waals surface area contributed by atoms with Crippen LogP contribution in [0.3, 0.4) is 0 Å². The number of aryl methyl sites for hydroxylation is 1. The fourth-order valence-corrected chi connectivity index (χ4v) is 4.74. The van der Waals surface area contributed by atoms with Crippen LogP contribution in [0, 0.1) is 0 Å². The normalized spacial score (nSPS) is 11.1. The molecule has 3 rings (SSSR count). The predicted octanol–water partition coefficient (Wildman–Crippen LogP) is 2.27. The third-order valence-corrected chi connectivity index (χ3v) is 6.97. The number of carbonyl (C=O) groups is 3. The van der Waals surface area contributed by atoms with Gasteiger partial charge in [0.25, 0.3) is 21.8 Å². The quantitative estimate of drug-likeness (QED) is 0.347. The average molecular weight is 523 g/mol. The van der Waals surface area contributed by atoms with Crippen molar-refractivity contribution in [3.05, 3.63) is 94.8 Å². The standard InChI is InChI=1S/C27H29N3O6S/c1-2-3-5-12-21-17-22(18-29-24(21)27(33)34)26(32)30-37(35,36)23-13-8-9-19(16-23)14-15-28-25(31)20-10-6-4-7-11-20/h4,6-11,13,16-18H,2-3,5,12,14-15H2,1H3,(H,28,31)(H,30,32)(H,33,34)/p-1. The number of carbonyl (C=O) groups excluding carboxylic acids is 3. The van der Waals surface area contributed by atoms with E-state index in [0.29, 0.717) is 42.5 Å². The first-order valence-corrected chi connectivity index (χ1v) is 13.4. The van der Waals surface area contributed by atoms with E-state index in [1.165, 1.54) is 18.2 Å². The van der Waals surface area contributed by atoms with Gasteiger partial charge in [-0.1, -0.05) is 50.1 Å². The number of amides is 2. The highest BCUT2D eigenvalue weighted by Gasteiger charge is 2.20. The van der Waals surface area contributed by atoms with Crippen LogP contribution in [-0.2, 0) is 22.9 Å². The van der Waals surface area contributed by atoms with Crippen molar-refractivity contribution < 1.29 is 27.9 Å². The molecule has 37 heavy (non-hydrogen) atoms. The van der Waals surface area contributed by atoms with Crippen molar-refractivity contribution in [2.24, 2.45) is 0 Å². The maximum atomic E-state index is 12.9. The molecule has 2 aromatic carbocycles. The summed E-state index contributed by atoms with van der Waals surface area (Å²) in [7, 11) is -4.22. The lowest BCUT2D eigenvalue weighted by Crippen LogP contribution is -2.31. The SMILES string of the molecule is CCCCCc1cc(C(=O)NS(=O)(=O)c2cccc(CCNC(=O)c3ccccc3)c2)cnc1C(=O)[O-]. The first-order valence-electron chi connectivity index (χ1n) is 11.9. The van der Waals surface area contributed by atoms with Crippen molar-refractivity contribution in [3.8, 4) is 0 Å². The number of carboxylic acid groups (broad SMARTS) is 1. The fourth-order valence-electron chi connectivity index (χ4n) is 3.69. The van der Waals surface area contributed by atoms with Gasteiger partial charge in [-0.3, -0.25) is 14.6 Å². The Labute approximate surface area is 216 Å². The molecular formula is C27H28N3O6S-. The molecule has 2 amide bonds. The minimum Gasteiger partial charge on any atom is -0.543 e. The van der Waals surface area contributed by atoms with Gasteiger partial charge < -0.3 is 15.2 Å². The van der Waals surface area contributed by atoms with Crippen molar-refractivity contribution in [2.75, 3.05) is 6.54 Å². The summed E-state index contributed by atoms with van der Waals surface area (Å²) in [6.07, 6.45) is 4.26. The van der Waals surface area contributed by atoms with Crippen LogP contribution in [0.15, 0.2) is 71.8 Å². The molecule has 0 aliphatic heterocycles. The van der Waals surface area contributed by atoms with Crippen LogP contribution in [0.4, 0.5) is 0 Å². The molecule has 0 saturated heterocycles. The maximum Gasteiger partial charge on any atom is 0.266 e. The Kier molecular flexibility index (Phi) is 9.51. The molecule has 0 radical (unpaired) electrons. The van der Waals surface area contributed by atoms with Crippen molar-refractivity contribution in [2.45, 2.75) is 43.9 Å². The molecule has 1 aromatic heterocycles. The Hall–Kier alpha value is -4.05. The Morgan fingerprint density at radius 2 is 1.65 bits per heavy atom. The van der Waals surface area contributed by atoms with Gasteiger partial charge in [-0.15, -0.1) is 0 Å². The number of rotatable bonds is 12. The Balaban J connectivity index is 1.67. The molecule has 194 valence electrons. The molecule has 0 saturated carbocycles. The number of carboxylic acids is 1. The van der Waals surface area contributed by atoms with Crippen LogP contribution in [0.5, 0.6) is 0 Å². The van der Waals surface area contributed by atoms with Crippen LogP contribution in [0.2, 0.25) is 0 Å². The summed E-state index contributed by atoms with van der Waals surface area (Å²) in [5, 5.41) is 14.2. The third kappa shape index (κ3) is 7.71. The third-order valence-electron chi connectivity index (χ3n) is 5.64. The van der Waals surface area contributed by atoms with Crippen LogP contribution >= 0.6 is 0 Å². The highest BCUT2D eigenvalue weighted by molar-refractivity contribution is 7.90. The van der Waals surface area contributed by atoms with Crippen LogP contribution < -0.4 is 15.1 Å². The number of unbranched alkanes of at least 4 members (excludes halogenated alkanes) is 2. The number of sulfonamides is 1. The number of pyridine rings is 1. The molecular weight excluding hydrogens is 494 g/mol. The Morgan fingerprint density at radius 1 is 0.892 bits per heavy atom. The topological polar surface area (TPSA) is 145 Å². The molecule has 2 N–H and O–H groups in total. The largest absolute Gasteiger partial charge is 0.543 e. The number of aromatic carboxylic acids is 1. The summed E-state index contributed by atoms with van der Waals surface area (Å²) in [4.78, 5) is 40.0. The Bertz CT molecular complexity index is 1370. The molecule has 0 fully saturated rings. The zero-order valence-electron chi connectivity index (χ0n) is 20.4. The average Bonchev–Trinajstić information content (AvgIpc) is 2.89. The minimum absolute atomic E-state index is 0.0696. The van der Waals surface area contributed by atoms with Crippen molar-refractivity contribution >= 4 is 27.8 Å². The van der Waals surface area contributed by atoms with E-state index in [9.17, 15) is 27.9 Å². The summed E-state index contributed by atoms with van der Waals surface area (Å²) in [6.45, 7) is 2.29. The van der Waals surface area contributed by atoms with E-state index in [4.69, 9.17) is 0 Å². The summed E-state index contributed by atoms with van der Waals surface area (Å²) in [5.74, 6) is -2.61. The molecule has 0 spiro atoms. The zero-order valence-corrected chi connectivity index (χ0v) is 21.2. The molecule has 0 aliphatic carbocycles. The number of nitrogens with one attached hydrogen (secondary N) is 2. The van der Waals surface area contributed by atoms with E-state index in [1.807, 2.05) is 17.7 Å². The molecule has 0 aliphatic rings. The first kappa shape index (κ1) is 27.5. The van der Waals surface area contributed by atoms with Crippen molar-refractivity contribution in [1.82, 2.24) is 15.0 Å². The van der Waals surface area contributed by atoms with Gasteiger partial charge in [-0.2, -0.15) is 0 Å². The zero-order chi connectivity index (χ0) is 26.8. The van der Waals surface area contributed by atoms with E-state index < -0.39 is 21.9 Å². The van der Waals surface area contributed by atoms with E-state index >= 15 is 0 Å². The lowest BCUT2D eigenvalue weighted by molar-refractivity contribution is -0.255. The van der Waals surface area contributed by atoms with Crippen molar-refractivity contribution in [3.63, 3.8) is 0 Å². The van der Waals surface area contributed by atoms with Crippen LogP contribution in [0.1, 0.15) is 68.5 Å². The molecule has 3 aromatic rings. The lowest BCUT2D eigenvalue weighted by Gasteiger charge is -2.12. The highest BCUT2D eigenvalue weighted by atomic mass is 32.2. The predicted molar refractivity (Wildman–Crippen MR) is 135 cm³/mol. The van der Waals surface area contributed by atoms with Gasteiger partial charge in [-0.25, -0.2) is 13.1 Å². The summed E-state index contributed by atoms with van der Waals surface area (Å²) >= 11 is 0. The van der Waals surface area contributed by atoms with Crippen LogP contribution in [-0.4, -0.2) is 37.7 Å². The number of hydrogen-bond acceptors (Lipinski definition) is 7. The number of benzene rings is 2. The van der Waals surface area contributed by atoms with Gasteiger partial charge in [0.1, 0.15) is 0 Å². The first-order chi connectivity index (χ1) is 17.7. The summed E-state index contributed by atoms with van der Waals surface area (Å²) in [6, 6.07) is 16.1. The van der Waals surface area contributed by atoms with Gasteiger partial charge in [0.05, 0.1) is 22.1 Å². The Morgan fingerprint density at radius 3 is 2.35 bits per heavy atom. The van der Waals surface area contributed by atoms with Crippen LogP contribution in [0.25, 0.3) is 0 Å². The summed E-state index contributed by atoms with van der Waals surface area (Å²) in [5.41, 5.74) is 1.17. The van der Waals surface area contributed by atoms with Crippen molar-refractivity contribution in [1.29, 1.82) is 0 Å². The van der Waals surface area contributed by atoms with E-state index in [2.05, 4.69) is 10.3 Å². The number of hydrogen-bond donors (Lipinski definition) is 2. The molecule has 9 nitrogen and oxygen atoms in total. The second-order valence-electron chi connectivity index (χ2n) is 8.43. The lowest BCUT2D eigenvalue weighted by atomic mass is 10.0. The summed E-state index contributed by atoms with van der Waals surface area (Å²) < 4.78 is 27.8. The van der Waals surface area contributed by atoms with E-state index in [-0.39, 0.29) is 22.1 Å². The molecule has 0 bridgehead atoms. The van der Waals surface area contributed by atoms with E-state index in [0.717, 1.165) is 19.0 Å². The number of nitrogens with zero attached hydrogens (tertiary/aromatic N) is 1. The van der Waals surface area contributed by atoms with Gasteiger partial charge in [0.2, 0.25) is 0 Å². The number of aromatic nitrogens is 1. The maximum absolute atomic E-state index is 12.9. The molecule has 10 heteroatoms. The minimum atomic E-state index is -4.22. The van der Waals surface area contributed by atoms with Gasteiger partial charge in [0, 0.05) is 18.3 Å². The highest BCUT2D eigenvalue weighted by Crippen LogP contribution is 2.16. The van der Waals surface area contributed by atoms with Gasteiger partial charge in [-0.05, 0) is 60.7 Å². The molecule has 0 unspecified atom stereocenters. The van der Waals surface area contributed by atoms with E-state index in [1.54, 1.807) is 36.4 Å². The second kappa shape index (κ2) is 12.8. The molecule has 0 atom stereocenters. The van der Waals surface area contributed by atoms with Gasteiger partial charge in [0.15, 0.2) is 0 Å². The smallest absolute Gasteiger partial charge is 0.266 e. The second-order valence-corrected chi connectivity index (χ2v) is 10.1. The fraction of sp³-hybridized carbons (Fsp3) is 0.259. The monoisotopic (exact) mass is 522 g/mol. The van der Waals surface area contributed by atoms with Gasteiger partial charge >= 0.3 is 0 Å².